The van der Waals surface area contributed by atoms with Crippen LogP contribution in [0.3, 0.4) is 0 Å². The molecule has 0 aromatic heterocycles. The minimum atomic E-state index is -1.84. The van der Waals surface area contributed by atoms with E-state index in [-0.39, 0.29) is 11.3 Å². The summed E-state index contributed by atoms with van der Waals surface area (Å²) in [5, 5.41) is 20.2. The summed E-state index contributed by atoms with van der Waals surface area (Å²) in [4.78, 5) is 23.4. The van der Waals surface area contributed by atoms with Crippen LogP contribution in [0.25, 0.3) is 0 Å². The fourth-order valence-electron chi connectivity index (χ4n) is 2.43. The molecule has 0 amide bonds. The molecule has 0 saturated heterocycles. The fourth-order valence-corrected chi connectivity index (χ4v) is 2.43. The third-order valence-corrected chi connectivity index (χ3v) is 3.95. The molecule has 0 aromatic rings. The van der Waals surface area contributed by atoms with Gasteiger partial charge in [-0.15, -0.1) is 0 Å². The zero-order valence-corrected chi connectivity index (χ0v) is 12.8. The molecule has 2 unspecified atom stereocenters. The molecule has 0 radical (unpaired) electrons. The molecule has 6 heteroatoms. The lowest BCUT2D eigenvalue weighted by Gasteiger charge is -2.25. The van der Waals surface area contributed by atoms with Gasteiger partial charge in [-0.3, -0.25) is 0 Å². The molecule has 2 aliphatic heterocycles. The summed E-state index contributed by atoms with van der Waals surface area (Å²) in [5.74, 6) is -2.38. The highest BCUT2D eigenvalue weighted by Gasteiger charge is 2.50. The van der Waals surface area contributed by atoms with Crippen molar-refractivity contribution in [3.63, 3.8) is 0 Å². The Hall–Kier alpha value is -2.34. The van der Waals surface area contributed by atoms with Crippen LogP contribution >= 0.6 is 0 Å². The highest BCUT2D eigenvalue weighted by molar-refractivity contribution is 5.92. The minimum absolute atomic E-state index is 0.128. The van der Waals surface area contributed by atoms with E-state index in [1.165, 1.54) is 13.0 Å². The van der Waals surface area contributed by atoms with Crippen molar-refractivity contribution in [2.45, 2.75) is 33.3 Å². The third-order valence-electron chi connectivity index (χ3n) is 3.95. The van der Waals surface area contributed by atoms with E-state index in [0.717, 1.165) is 0 Å². The molecule has 2 rings (SSSR count). The molecule has 2 atom stereocenters. The van der Waals surface area contributed by atoms with Gasteiger partial charge in [-0.25, -0.2) is 9.59 Å². The average Bonchev–Trinajstić information content (AvgIpc) is 2.83. The maximum atomic E-state index is 12.1. The number of aliphatic hydroxyl groups is 2. The highest BCUT2D eigenvalue weighted by Crippen LogP contribution is 2.39. The molecule has 2 heterocycles. The molecule has 2 N–H and O–H groups in total. The zero-order valence-electron chi connectivity index (χ0n) is 12.8. The standard InChI is InChI=1S/C16H18O6/c1-5-6-11-10(4)16(20,15(19)22-11)8(2)7-12-9(3)13(17)14(18)21-12/h5-8,17,20H,1-4H3. The molecule has 22 heavy (non-hydrogen) atoms. The number of ether oxygens (including phenoxy) is 2. The Morgan fingerprint density at radius 2 is 1.86 bits per heavy atom. The molecule has 0 spiro atoms. The predicted octanol–water partition coefficient (Wildman–Crippen LogP) is 2.03. The van der Waals surface area contributed by atoms with Crippen LogP contribution in [0.1, 0.15) is 27.7 Å². The molecule has 0 fully saturated rings. The normalized spacial score (nSPS) is 28.9. The Balaban J connectivity index is 2.39. The first kappa shape index (κ1) is 16.0. The monoisotopic (exact) mass is 306 g/mol. The average molecular weight is 306 g/mol. The molecular weight excluding hydrogens is 288 g/mol. The Labute approximate surface area is 128 Å². The summed E-state index contributed by atoms with van der Waals surface area (Å²) in [5.41, 5.74) is -1.19. The van der Waals surface area contributed by atoms with Crippen LogP contribution in [0, 0.1) is 5.92 Å². The third kappa shape index (κ3) is 2.25. The number of hydrogen-bond donors (Lipinski definition) is 2. The predicted molar refractivity (Wildman–Crippen MR) is 77.2 cm³/mol. The molecule has 118 valence electrons. The Morgan fingerprint density at radius 3 is 2.36 bits per heavy atom. The van der Waals surface area contributed by atoms with Gasteiger partial charge >= 0.3 is 11.9 Å². The largest absolute Gasteiger partial charge is 0.502 e. The number of hydrogen-bond acceptors (Lipinski definition) is 6. The SMILES string of the molecule is CC=CC1=C(C)C(O)(C(C)C=C2OC(=O)C(O)=C2C)C(=O)O1. The quantitative estimate of drug-likeness (QED) is 0.775. The second kappa shape index (κ2) is 5.46. The first-order valence-electron chi connectivity index (χ1n) is 6.86. The van der Waals surface area contributed by atoms with Crippen LogP contribution in [0.4, 0.5) is 0 Å². The summed E-state index contributed by atoms with van der Waals surface area (Å²) >= 11 is 0. The maximum absolute atomic E-state index is 12.1. The van der Waals surface area contributed by atoms with Crippen molar-refractivity contribution < 1.29 is 29.3 Å². The first-order valence-corrected chi connectivity index (χ1v) is 6.86. The molecule has 0 aliphatic carbocycles. The van der Waals surface area contributed by atoms with E-state index in [1.807, 2.05) is 0 Å². The molecule has 0 saturated carbocycles. The van der Waals surface area contributed by atoms with Gasteiger partial charge in [-0.2, -0.15) is 0 Å². The lowest BCUT2D eigenvalue weighted by atomic mass is 9.82. The van der Waals surface area contributed by atoms with Gasteiger partial charge in [-0.1, -0.05) is 13.0 Å². The van der Waals surface area contributed by atoms with E-state index in [0.29, 0.717) is 11.3 Å². The van der Waals surface area contributed by atoms with Crippen molar-refractivity contribution in [1.82, 2.24) is 0 Å². The van der Waals surface area contributed by atoms with E-state index in [9.17, 15) is 19.8 Å². The number of carbonyl (C=O) groups excluding carboxylic acids is 2. The van der Waals surface area contributed by atoms with Crippen molar-refractivity contribution in [1.29, 1.82) is 0 Å². The number of cyclic esters (lactones) is 2. The second-order valence-corrected chi connectivity index (χ2v) is 5.33. The highest BCUT2D eigenvalue weighted by atomic mass is 16.6. The first-order chi connectivity index (χ1) is 10.2. The van der Waals surface area contributed by atoms with Crippen LogP contribution in [-0.4, -0.2) is 27.8 Å². The van der Waals surface area contributed by atoms with Gasteiger partial charge in [0.05, 0.1) is 0 Å². The van der Waals surface area contributed by atoms with Crippen LogP contribution in [0.5, 0.6) is 0 Å². The van der Waals surface area contributed by atoms with Crippen molar-refractivity contribution in [2.75, 3.05) is 0 Å². The number of carbonyl (C=O) groups is 2. The second-order valence-electron chi connectivity index (χ2n) is 5.33. The van der Waals surface area contributed by atoms with Crippen molar-refractivity contribution >= 4 is 11.9 Å². The fraction of sp³-hybridized carbons (Fsp3) is 0.375. The van der Waals surface area contributed by atoms with E-state index in [2.05, 4.69) is 0 Å². The lowest BCUT2D eigenvalue weighted by Crippen LogP contribution is -2.42. The van der Waals surface area contributed by atoms with Gasteiger partial charge in [0, 0.05) is 17.1 Å². The van der Waals surface area contributed by atoms with Crippen LogP contribution < -0.4 is 0 Å². The zero-order chi connectivity index (χ0) is 16.7. The van der Waals surface area contributed by atoms with Gasteiger partial charge < -0.3 is 19.7 Å². The van der Waals surface area contributed by atoms with E-state index >= 15 is 0 Å². The number of allylic oxidation sites excluding steroid dienone is 3. The van der Waals surface area contributed by atoms with Crippen molar-refractivity contribution in [2.24, 2.45) is 5.92 Å². The smallest absolute Gasteiger partial charge is 0.379 e. The Morgan fingerprint density at radius 1 is 1.23 bits per heavy atom. The lowest BCUT2D eigenvalue weighted by molar-refractivity contribution is -0.154. The van der Waals surface area contributed by atoms with Crippen LogP contribution in [0.15, 0.2) is 46.7 Å². The van der Waals surface area contributed by atoms with Crippen LogP contribution in [0.2, 0.25) is 0 Å². The van der Waals surface area contributed by atoms with Gasteiger partial charge in [0.1, 0.15) is 11.5 Å². The Bertz CT molecular complexity index is 664. The van der Waals surface area contributed by atoms with Gasteiger partial charge in [0.15, 0.2) is 5.60 Å². The Kier molecular flexibility index (Phi) is 3.98. The summed E-state index contributed by atoms with van der Waals surface area (Å²) < 4.78 is 10.0. The number of rotatable bonds is 3. The summed E-state index contributed by atoms with van der Waals surface area (Å²) in [6.07, 6.45) is 4.72. The molecule has 0 aromatic carbocycles. The number of esters is 2. The minimum Gasteiger partial charge on any atom is -0.502 e. The molecule has 0 bridgehead atoms. The molecule has 6 nitrogen and oxygen atoms in total. The van der Waals surface area contributed by atoms with Gasteiger partial charge in [-0.05, 0) is 32.9 Å². The van der Waals surface area contributed by atoms with Gasteiger partial charge in [0.2, 0.25) is 5.76 Å². The van der Waals surface area contributed by atoms with Gasteiger partial charge in [0.25, 0.3) is 0 Å². The summed E-state index contributed by atoms with van der Waals surface area (Å²) in [7, 11) is 0. The molecule has 2 aliphatic rings. The van der Waals surface area contributed by atoms with E-state index in [1.54, 1.807) is 32.9 Å². The van der Waals surface area contributed by atoms with Crippen molar-refractivity contribution in [3.8, 4) is 0 Å². The summed E-state index contributed by atoms with van der Waals surface area (Å²) in [6, 6.07) is 0. The summed E-state index contributed by atoms with van der Waals surface area (Å²) in [6.45, 7) is 6.50. The van der Waals surface area contributed by atoms with Crippen molar-refractivity contribution in [3.05, 3.63) is 46.7 Å². The molecular formula is C16H18O6. The topological polar surface area (TPSA) is 93.1 Å². The van der Waals surface area contributed by atoms with E-state index < -0.39 is 29.2 Å². The van der Waals surface area contributed by atoms with Crippen LogP contribution in [-0.2, 0) is 19.1 Å². The number of aliphatic hydroxyl groups excluding tert-OH is 1. The maximum Gasteiger partial charge on any atom is 0.379 e. The van der Waals surface area contributed by atoms with E-state index in [4.69, 9.17) is 9.47 Å².